The van der Waals surface area contributed by atoms with Crippen molar-refractivity contribution in [2.45, 2.75) is 26.4 Å². The van der Waals surface area contributed by atoms with Gasteiger partial charge in [0.2, 0.25) is 0 Å². The average Bonchev–Trinajstić information content (AvgIpc) is 2.97. The van der Waals surface area contributed by atoms with Gasteiger partial charge in [0.1, 0.15) is 22.9 Å². The molecule has 0 aliphatic carbocycles. The lowest BCUT2D eigenvalue weighted by molar-refractivity contribution is 0.112. The molecule has 0 saturated carbocycles. The molecule has 3 aromatic rings. The number of carbonyl (C=O) groups excluding carboxylic acids is 1. The summed E-state index contributed by atoms with van der Waals surface area (Å²) in [7, 11) is 0. The normalized spacial score (nSPS) is 11.1. The minimum absolute atomic E-state index is 0.0708. The van der Waals surface area contributed by atoms with Crippen LogP contribution in [-0.4, -0.2) is 18.9 Å². The van der Waals surface area contributed by atoms with Gasteiger partial charge < -0.3 is 9.15 Å². The van der Waals surface area contributed by atoms with Crippen molar-refractivity contribution in [1.82, 2.24) is 0 Å². The van der Waals surface area contributed by atoms with Gasteiger partial charge in [-0.25, -0.2) is 4.39 Å². The first-order valence-corrected chi connectivity index (χ1v) is 8.29. The van der Waals surface area contributed by atoms with Crippen LogP contribution in [0.3, 0.4) is 0 Å². The van der Waals surface area contributed by atoms with E-state index in [1.54, 1.807) is 24.3 Å². The number of halogens is 1. The van der Waals surface area contributed by atoms with Crippen molar-refractivity contribution in [3.8, 4) is 17.1 Å². The first-order chi connectivity index (χ1) is 12.5. The molecule has 0 amide bonds. The van der Waals surface area contributed by atoms with Crippen molar-refractivity contribution in [2.24, 2.45) is 5.18 Å². The number of fused-ring (bicyclic) bond motifs is 1. The Kier molecular flexibility index (Phi) is 5.11. The fourth-order valence-corrected chi connectivity index (χ4v) is 2.84. The van der Waals surface area contributed by atoms with E-state index in [2.05, 4.69) is 5.18 Å². The number of aldehydes is 1. The summed E-state index contributed by atoms with van der Waals surface area (Å²) in [6.07, 6.45) is 1.06. The topological polar surface area (TPSA) is 68.9 Å². The summed E-state index contributed by atoms with van der Waals surface area (Å²) in [4.78, 5) is 22.2. The maximum Gasteiger partial charge on any atom is 0.154 e. The van der Waals surface area contributed by atoms with Crippen LogP contribution in [0.2, 0.25) is 0 Å². The standard InChI is InChI=1S/C20H18FNO4/c1-12(2)25-18-10-16-17(11-23)20(13-3-5-15(21)6-4-13)26-19(16)9-14(18)7-8-22-24/h3-6,9-12H,7-8H2,1-2H3. The Balaban J connectivity index is 2.18. The van der Waals surface area contributed by atoms with Gasteiger partial charge in [-0.1, -0.05) is 5.18 Å². The van der Waals surface area contributed by atoms with Gasteiger partial charge in [0.05, 0.1) is 18.2 Å². The summed E-state index contributed by atoms with van der Waals surface area (Å²) >= 11 is 0. The molecule has 26 heavy (non-hydrogen) atoms. The summed E-state index contributed by atoms with van der Waals surface area (Å²) < 4.78 is 24.9. The van der Waals surface area contributed by atoms with Crippen LogP contribution in [-0.2, 0) is 6.42 Å². The maximum atomic E-state index is 13.2. The van der Waals surface area contributed by atoms with Gasteiger partial charge >= 0.3 is 0 Å². The highest BCUT2D eigenvalue weighted by Gasteiger charge is 2.19. The molecule has 0 spiro atoms. The molecule has 0 bridgehead atoms. The minimum atomic E-state index is -0.367. The van der Waals surface area contributed by atoms with Crippen molar-refractivity contribution in [2.75, 3.05) is 6.54 Å². The highest BCUT2D eigenvalue weighted by atomic mass is 19.1. The lowest BCUT2D eigenvalue weighted by Crippen LogP contribution is -2.08. The van der Waals surface area contributed by atoms with Gasteiger partial charge in [0, 0.05) is 10.9 Å². The van der Waals surface area contributed by atoms with Crippen LogP contribution in [0.4, 0.5) is 4.39 Å². The average molecular weight is 355 g/mol. The molecule has 0 unspecified atom stereocenters. The molecule has 0 radical (unpaired) electrons. The van der Waals surface area contributed by atoms with Crippen LogP contribution in [0.15, 0.2) is 46.0 Å². The molecule has 3 rings (SSSR count). The molecule has 0 aliphatic heterocycles. The van der Waals surface area contributed by atoms with Gasteiger partial charge in [-0.05, 0) is 62.2 Å². The van der Waals surface area contributed by atoms with E-state index in [0.29, 0.717) is 40.0 Å². The Morgan fingerprint density at radius 3 is 2.58 bits per heavy atom. The number of nitrogens with zero attached hydrogens (tertiary/aromatic N) is 1. The Bertz CT molecular complexity index is 945. The third-order valence-electron chi connectivity index (χ3n) is 3.97. The zero-order chi connectivity index (χ0) is 18.7. The molecule has 0 aliphatic rings. The van der Waals surface area contributed by atoms with Crippen LogP contribution in [0.1, 0.15) is 29.8 Å². The van der Waals surface area contributed by atoms with Gasteiger partial charge in [-0.15, -0.1) is 0 Å². The SMILES string of the molecule is CC(C)Oc1cc2c(C=O)c(-c3ccc(F)cc3)oc2cc1CCN=O. The summed E-state index contributed by atoms with van der Waals surface area (Å²) in [6.45, 7) is 3.91. The Labute approximate surface area is 149 Å². The highest BCUT2D eigenvalue weighted by Crippen LogP contribution is 2.36. The summed E-state index contributed by atoms with van der Waals surface area (Å²) in [5, 5.41) is 3.51. The number of hydrogen-bond donors (Lipinski definition) is 0. The second kappa shape index (κ2) is 7.47. The fraction of sp³-hybridized carbons (Fsp3) is 0.250. The van der Waals surface area contributed by atoms with Crippen LogP contribution in [0, 0.1) is 10.7 Å². The molecule has 0 atom stereocenters. The van der Waals surface area contributed by atoms with E-state index in [9.17, 15) is 14.1 Å². The molecular formula is C20H18FNO4. The monoisotopic (exact) mass is 355 g/mol. The quantitative estimate of drug-likeness (QED) is 0.434. The van der Waals surface area contributed by atoms with Gasteiger partial charge in [0.15, 0.2) is 6.29 Å². The number of furan rings is 1. The van der Waals surface area contributed by atoms with E-state index in [1.807, 2.05) is 13.8 Å². The van der Waals surface area contributed by atoms with Crippen LogP contribution >= 0.6 is 0 Å². The van der Waals surface area contributed by atoms with Crippen molar-refractivity contribution >= 4 is 17.3 Å². The number of nitroso groups, excluding NO2 is 1. The number of carbonyl (C=O) groups is 1. The van der Waals surface area contributed by atoms with Crippen LogP contribution < -0.4 is 4.74 Å². The van der Waals surface area contributed by atoms with Crippen LogP contribution in [0.25, 0.3) is 22.3 Å². The van der Waals surface area contributed by atoms with Crippen molar-refractivity contribution in [3.63, 3.8) is 0 Å². The van der Waals surface area contributed by atoms with E-state index in [0.717, 1.165) is 11.8 Å². The predicted molar refractivity (Wildman–Crippen MR) is 97.1 cm³/mol. The molecule has 5 nitrogen and oxygen atoms in total. The molecular weight excluding hydrogens is 337 g/mol. The van der Waals surface area contributed by atoms with E-state index < -0.39 is 0 Å². The molecule has 1 heterocycles. The predicted octanol–water partition coefficient (Wildman–Crippen LogP) is 5.15. The van der Waals surface area contributed by atoms with Crippen molar-refractivity contribution in [3.05, 3.63) is 58.2 Å². The molecule has 1 aromatic heterocycles. The number of rotatable bonds is 7. The van der Waals surface area contributed by atoms with Gasteiger partial charge in [-0.2, -0.15) is 4.91 Å². The molecule has 0 saturated heterocycles. The molecule has 6 heteroatoms. The number of ether oxygens (including phenoxy) is 1. The van der Waals surface area contributed by atoms with Crippen molar-refractivity contribution in [1.29, 1.82) is 0 Å². The third-order valence-corrected chi connectivity index (χ3v) is 3.97. The molecule has 134 valence electrons. The van der Waals surface area contributed by atoms with E-state index in [-0.39, 0.29) is 18.5 Å². The van der Waals surface area contributed by atoms with E-state index in [4.69, 9.17) is 9.15 Å². The number of hydrogen-bond acceptors (Lipinski definition) is 5. The lowest BCUT2D eigenvalue weighted by Gasteiger charge is -2.13. The first kappa shape index (κ1) is 17.8. The van der Waals surface area contributed by atoms with Gasteiger partial charge in [-0.3, -0.25) is 4.79 Å². The number of benzene rings is 2. The Morgan fingerprint density at radius 2 is 1.96 bits per heavy atom. The van der Waals surface area contributed by atoms with Crippen molar-refractivity contribution < 1.29 is 18.3 Å². The Hall–Kier alpha value is -3.02. The second-order valence-corrected chi connectivity index (χ2v) is 6.20. The second-order valence-electron chi connectivity index (χ2n) is 6.20. The third kappa shape index (κ3) is 3.49. The maximum absolute atomic E-state index is 13.2. The molecule has 0 fully saturated rings. The fourth-order valence-electron chi connectivity index (χ4n) is 2.84. The summed E-state index contributed by atoms with van der Waals surface area (Å²) in [5.41, 5.74) is 2.26. The zero-order valence-electron chi connectivity index (χ0n) is 14.5. The zero-order valence-corrected chi connectivity index (χ0v) is 14.5. The van der Waals surface area contributed by atoms with E-state index in [1.165, 1.54) is 12.1 Å². The van der Waals surface area contributed by atoms with E-state index >= 15 is 0 Å². The minimum Gasteiger partial charge on any atom is -0.491 e. The van der Waals surface area contributed by atoms with Crippen LogP contribution in [0.5, 0.6) is 5.75 Å². The lowest BCUT2D eigenvalue weighted by atomic mass is 10.0. The largest absolute Gasteiger partial charge is 0.491 e. The van der Waals surface area contributed by atoms with Gasteiger partial charge in [0.25, 0.3) is 0 Å². The summed E-state index contributed by atoms with van der Waals surface area (Å²) in [6, 6.07) is 9.25. The highest BCUT2D eigenvalue weighted by molar-refractivity contribution is 6.03. The first-order valence-electron chi connectivity index (χ1n) is 8.29. The summed E-state index contributed by atoms with van der Waals surface area (Å²) in [5.74, 6) is 0.593. The smallest absolute Gasteiger partial charge is 0.154 e. The molecule has 0 N–H and O–H groups in total. The molecule has 2 aromatic carbocycles. The Morgan fingerprint density at radius 1 is 1.23 bits per heavy atom.